The Kier molecular flexibility index (Phi) is 4.35. The van der Waals surface area contributed by atoms with Crippen molar-refractivity contribution < 1.29 is 27.9 Å². The number of amides is 4. The van der Waals surface area contributed by atoms with Crippen LogP contribution < -0.4 is 15.5 Å². The normalized spacial score (nSPS) is 26.9. The molecular formula is C19H17F2N5O4S. The molecule has 1 unspecified atom stereocenters. The predicted octanol–water partition coefficient (Wildman–Crippen LogP) is 1.37. The molecule has 1 aromatic heterocycles. The maximum absolute atomic E-state index is 15.4. The zero-order valence-electron chi connectivity index (χ0n) is 16.4. The van der Waals surface area contributed by atoms with E-state index in [1.807, 2.05) is 0 Å². The molecule has 0 aliphatic carbocycles. The fraction of sp³-hybridized carbons (Fsp3) is 0.421. The average Bonchev–Trinajstić information content (AvgIpc) is 3.22. The van der Waals surface area contributed by atoms with E-state index >= 15 is 8.78 Å². The van der Waals surface area contributed by atoms with Gasteiger partial charge >= 0.3 is 6.03 Å². The summed E-state index contributed by atoms with van der Waals surface area (Å²) in [6.45, 7) is 3.56. The molecule has 3 aliphatic rings. The van der Waals surface area contributed by atoms with Gasteiger partial charge in [0.2, 0.25) is 11.8 Å². The molecule has 1 spiro atoms. The summed E-state index contributed by atoms with van der Waals surface area (Å²) < 4.78 is 40.0. The fourth-order valence-corrected chi connectivity index (χ4v) is 5.46. The number of barbiturate groups is 1. The number of fused-ring (bicyclic) bond motifs is 4. The van der Waals surface area contributed by atoms with Crippen molar-refractivity contribution >= 4 is 35.1 Å². The molecule has 0 saturated carbocycles. The standard InChI is InChI=1S/C19H17F2N5O4S/c1-7-5-26-14-9(3-10(12(20)13(14)21)11-6-31-25-24-11)4-19(15(26)8(2)30-7)16(27)22-18(29)23-17(19)28/h3,6-8,15H,4-5H2,1-2H3,(H2,22,23,27,28,29)/t7-,8+,15?/m1/s1. The second-order valence-electron chi connectivity index (χ2n) is 7.98. The zero-order valence-corrected chi connectivity index (χ0v) is 17.3. The minimum atomic E-state index is -1.76. The quantitative estimate of drug-likeness (QED) is 0.633. The second-order valence-corrected chi connectivity index (χ2v) is 8.59. The number of hydrogen-bond donors (Lipinski definition) is 2. The van der Waals surface area contributed by atoms with Crippen molar-refractivity contribution in [3.63, 3.8) is 0 Å². The molecule has 2 N–H and O–H groups in total. The van der Waals surface area contributed by atoms with E-state index in [-0.39, 0.29) is 41.6 Å². The molecule has 4 heterocycles. The number of rotatable bonds is 1. The molecule has 5 rings (SSSR count). The highest BCUT2D eigenvalue weighted by molar-refractivity contribution is 7.03. The lowest BCUT2D eigenvalue weighted by Crippen LogP contribution is -2.75. The highest BCUT2D eigenvalue weighted by atomic mass is 32.1. The Morgan fingerprint density at radius 3 is 2.55 bits per heavy atom. The lowest BCUT2D eigenvalue weighted by molar-refractivity contribution is -0.153. The molecule has 4 amide bonds. The van der Waals surface area contributed by atoms with Gasteiger partial charge in [-0.05, 0) is 37.0 Å². The highest BCUT2D eigenvalue weighted by Crippen LogP contribution is 2.49. The first kappa shape index (κ1) is 19.9. The number of ether oxygens (including phenoxy) is 1. The smallest absolute Gasteiger partial charge is 0.328 e. The lowest BCUT2D eigenvalue weighted by atomic mass is 9.66. The maximum Gasteiger partial charge on any atom is 0.328 e. The van der Waals surface area contributed by atoms with E-state index in [9.17, 15) is 14.4 Å². The zero-order chi connectivity index (χ0) is 22.1. The number of nitrogens with one attached hydrogen (secondary N) is 2. The van der Waals surface area contributed by atoms with Gasteiger partial charge in [0.05, 0.1) is 23.9 Å². The molecule has 31 heavy (non-hydrogen) atoms. The molecule has 2 saturated heterocycles. The fourth-order valence-electron chi connectivity index (χ4n) is 5.01. The van der Waals surface area contributed by atoms with Crippen LogP contribution in [0.3, 0.4) is 0 Å². The number of benzene rings is 1. The van der Waals surface area contributed by atoms with Crippen LogP contribution in [-0.4, -0.2) is 52.2 Å². The van der Waals surface area contributed by atoms with Gasteiger partial charge in [0.25, 0.3) is 0 Å². The number of imide groups is 2. The Morgan fingerprint density at radius 1 is 1.19 bits per heavy atom. The molecule has 9 nitrogen and oxygen atoms in total. The summed E-state index contributed by atoms with van der Waals surface area (Å²) in [5, 5.41) is 9.59. The van der Waals surface area contributed by atoms with Crippen molar-refractivity contribution in [2.75, 3.05) is 11.4 Å². The third-order valence-corrected chi connectivity index (χ3v) is 6.61. The van der Waals surface area contributed by atoms with Gasteiger partial charge in [-0.3, -0.25) is 20.2 Å². The van der Waals surface area contributed by atoms with Crippen LogP contribution >= 0.6 is 11.5 Å². The van der Waals surface area contributed by atoms with Gasteiger partial charge in [0.1, 0.15) is 5.69 Å². The molecule has 0 bridgehead atoms. The van der Waals surface area contributed by atoms with Crippen molar-refractivity contribution in [3.05, 3.63) is 28.6 Å². The van der Waals surface area contributed by atoms with Crippen LogP contribution in [0.2, 0.25) is 0 Å². The van der Waals surface area contributed by atoms with Gasteiger partial charge in [-0.2, -0.15) is 0 Å². The van der Waals surface area contributed by atoms with Gasteiger partial charge in [-0.15, -0.1) is 5.10 Å². The Labute approximate surface area is 178 Å². The van der Waals surface area contributed by atoms with Crippen LogP contribution in [0, 0.1) is 17.0 Å². The molecular weight excluding hydrogens is 432 g/mol. The summed E-state index contributed by atoms with van der Waals surface area (Å²) in [6.07, 6.45) is -1.28. The number of aromatic nitrogens is 2. The minimum Gasteiger partial charge on any atom is -0.372 e. The van der Waals surface area contributed by atoms with Crippen molar-refractivity contribution in [3.8, 4) is 11.3 Å². The first-order valence-electron chi connectivity index (χ1n) is 9.61. The Morgan fingerprint density at radius 2 is 1.90 bits per heavy atom. The third kappa shape index (κ3) is 2.71. The van der Waals surface area contributed by atoms with Gasteiger partial charge < -0.3 is 9.64 Å². The van der Waals surface area contributed by atoms with Crippen LogP contribution in [0.1, 0.15) is 19.4 Å². The van der Waals surface area contributed by atoms with Crippen LogP contribution in [0.4, 0.5) is 19.3 Å². The first-order chi connectivity index (χ1) is 14.7. The molecule has 162 valence electrons. The van der Waals surface area contributed by atoms with Gasteiger partial charge in [-0.25, -0.2) is 13.6 Å². The second kappa shape index (κ2) is 6.76. The third-order valence-electron chi connectivity index (χ3n) is 6.10. The van der Waals surface area contributed by atoms with Gasteiger partial charge in [0, 0.05) is 23.9 Å². The monoisotopic (exact) mass is 449 g/mol. The molecule has 3 atom stereocenters. The van der Waals surface area contributed by atoms with E-state index in [4.69, 9.17) is 4.74 Å². The molecule has 3 aliphatic heterocycles. The van der Waals surface area contributed by atoms with E-state index in [0.717, 1.165) is 11.5 Å². The summed E-state index contributed by atoms with van der Waals surface area (Å²) in [5.41, 5.74) is -1.47. The van der Waals surface area contributed by atoms with Crippen molar-refractivity contribution in [2.24, 2.45) is 5.41 Å². The van der Waals surface area contributed by atoms with Crippen molar-refractivity contribution in [2.45, 2.75) is 38.5 Å². The number of halogens is 2. The number of urea groups is 1. The summed E-state index contributed by atoms with van der Waals surface area (Å²) in [6, 6.07) is -0.468. The highest BCUT2D eigenvalue weighted by Gasteiger charge is 2.63. The maximum atomic E-state index is 15.4. The van der Waals surface area contributed by atoms with Crippen LogP contribution in [-0.2, 0) is 20.7 Å². The first-order valence-corrected chi connectivity index (χ1v) is 10.4. The van der Waals surface area contributed by atoms with Crippen LogP contribution in [0.25, 0.3) is 11.3 Å². The molecule has 2 fully saturated rings. The van der Waals surface area contributed by atoms with E-state index in [1.165, 1.54) is 16.3 Å². The summed E-state index contributed by atoms with van der Waals surface area (Å²) in [7, 11) is 0. The van der Waals surface area contributed by atoms with Crippen molar-refractivity contribution in [1.82, 2.24) is 20.2 Å². The van der Waals surface area contributed by atoms with Gasteiger partial charge in [0.15, 0.2) is 17.0 Å². The van der Waals surface area contributed by atoms with Crippen LogP contribution in [0.15, 0.2) is 11.4 Å². The number of morpholine rings is 1. The average molecular weight is 449 g/mol. The number of carbonyl (C=O) groups excluding carboxylic acids is 3. The van der Waals surface area contributed by atoms with Crippen molar-refractivity contribution in [1.29, 1.82) is 0 Å². The number of anilines is 1. The van der Waals surface area contributed by atoms with Crippen LogP contribution in [0.5, 0.6) is 0 Å². The van der Waals surface area contributed by atoms with E-state index in [2.05, 4.69) is 20.2 Å². The number of hydrogen-bond acceptors (Lipinski definition) is 8. The lowest BCUT2D eigenvalue weighted by Gasteiger charge is -2.55. The summed E-state index contributed by atoms with van der Waals surface area (Å²) in [4.78, 5) is 39.4. The summed E-state index contributed by atoms with van der Waals surface area (Å²) >= 11 is 0.985. The Balaban J connectivity index is 1.76. The Bertz CT molecular complexity index is 1100. The predicted molar refractivity (Wildman–Crippen MR) is 104 cm³/mol. The molecule has 1 aromatic carbocycles. The number of nitrogens with zero attached hydrogens (tertiary/aromatic N) is 3. The summed E-state index contributed by atoms with van der Waals surface area (Å²) in [5.74, 6) is -3.77. The largest absolute Gasteiger partial charge is 0.372 e. The minimum absolute atomic E-state index is 0.0143. The molecule has 0 radical (unpaired) electrons. The Hall–Kier alpha value is -2.99. The molecule has 2 aromatic rings. The van der Waals surface area contributed by atoms with E-state index < -0.39 is 47.0 Å². The SMILES string of the molecule is C[C@@H]1CN2c3c(cc(-c4csnn4)c(F)c3F)CC3(C(=O)NC(=O)NC3=O)C2[C@H](C)O1. The van der Waals surface area contributed by atoms with E-state index in [1.54, 1.807) is 13.8 Å². The molecule has 12 heteroatoms. The van der Waals surface area contributed by atoms with E-state index in [0.29, 0.717) is 0 Å². The van der Waals surface area contributed by atoms with Gasteiger partial charge in [-0.1, -0.05) is 4.49 Å². The number of carbonyl (C=O) groups is 3. The topological polar surface area (TPSA) is 114 Å².